The second-order valence-electron chi connectivity index (χ2n) is 8.14. The van der Waals surface area contributed by atoms with Gasteiger partial charge in [0.15, 0.2) is 0 Å². The van der Waals surface area contributed by atoms with Crippen LogP contribution >= 0.6 is 11.6 Å². The molecule has 1 fully saturated rings. The number of hydrogen-bond donors (Lipinski definition) is 2. The molecule has 10 nitrogen and oxygen atoms in total. The van der Waals surface area contributed by atoms with E-state index in [1.54, 1.807) is 17.1 Å². The largest absolute Gasteiger partial charge is 0.351 e. The quantitative estimate of drug-likeness (QED) is 0.506. The predicted molar refractivity (Wildman–Crippen MR) is 130 cm³/mol. The Labute approximate surface area is 203 Å². The highest BCUT2D eigenvalue weighted by Gasteiger charge is 2.25. The van der Waals surface area contributed by atoms with Crippen LogP contribution in [0.15, 0.2) is 36.8 Å². The Hall–Kier alpha value is -3.04. The van der Waals surface area contributed by atoms with Crippen LogP contribution in [0.1, 0.15) is 24.0 Å². The Morgan fingerprint density at radius 2 is 2.03 bits per heavy atom. The number of benzene rings is 1. The summed E-state index contributed by atoms with van der Waals surface area (Å²) in [5, 5.41) is 20.9. The Bertz CT molecular complexity index is 1330. The molecule has 12 heteroatoms. The van der Waals surface area contributed by atoms with Gasteiger partial charge >= 0.3 is 0 Å². The number of halogens is 1. The fourth-order valence-corrected chi connectivity index (χ4v) is 5.06. The van der Waals surface area contributed by atoms with E-state index in [1.807, 2.05) is 25.2 Å². The third kappa shape index (κ3) is 5.37. The molecule has 34 heavy (non-hydrogen) atoms. The van der Waals surface area contributed by atoms with Gasteiger partial charge in [0, 0.05) is 37.4 Å². The van der Waals surface area contributed by atoms with Gasteiger partial charge in [0.2, 0.25) is 16.0 Å². The number of sulfonamides is 1. The Kier molecular flexibility index (Phi) is 7.13. The molecule has 1 aromatic carbocycles. The van der Waals surface area contributed by atoms with E-state index in [2.05, 4.69) is 31.8 Å². The van der Waals surface area contributed by atoms with Crippen molar-refractivity contribution in [1.29, 1.82) is 5.26 Å². The Balaban J connectivity index is 1.54. The van der Waals surface area contributed by atoms with E-state index in [0.29, 0.717) is 60.3 Å². The van der Waals surface area contributed by atoms with Gasteiger partial charge in [0.1, 0.15) is 6.07 Å². The standard InChI is InChI=1S/C22H25ClN8O2S/c1-25-11-15-3-4-20(19(23)9-15)31-14-17(13-27-31)21-16(10-24)12-26-22(29-21)28-18-5-7-30(8-6-18)34(2,32)33/h3-4,9,12-14,18,25H,5-8,11H2,1-2H3,(H,26,28,29). The number of nitriles is 1. The van der Waals surface area contributed by atoms with Crippen molar-refractivity contribution in [3.63, 3.8) is 0 Å². The summed E-state index contributed by atoms with van der Waals surface area (Å²) in [6, 6.07) is 7.93. The van der Waals surface area contributed by atoms with E-state index in [9.17, 15) is 13.7 Å². The summed E-state index contributed by atoms with van der Waals surface area (Å²) in [5.74, 6) is 0.383. The van der Waals surface area contributed by atoms with Crippen LogP contribution in [-0.4, -0.2) is 64.9 Å². The first-order chi connectivity index (χ1) is 16.3. The molecule has 0 unspecified atom stereocenters. The maximum atomic E-state index is 11.7. The molecule has 0 radical (unpaired) electrons. The zero-order valence-electron chi connectivity index (χ0n) is 18.9. The number of hydrogen-bond acceptors (Lipinski definition) is 8. The van der Waals surface area contributed by atoms with Crippen LogP contribution in [0.3, 0.4) is 0 Å². The summed E-state index contributed by atoms with van der Waals surface area (Å²) >= 11 is 6.47. The summed E-state index contributed by atoms with van der Waals surface area (Å²) in [6.07, 6.45) is 7.40. The average Bonchev–Trinajstić information content (AvgIpc) is 3.29. The van der Waals surface area contributed by atoms with Gasteiger partial charge in [-0.05, 0) is 37.6 Å². The van der Waals surface area contributed by atoms with Gasteiger partial charge in [-0.3, -0.25) is 0 Å². The van der Waals surface area contributed by atoms with Crippen molar-refractivity contribution in [2.75, 3.05) is 31.7 Å². The van der Waals surface area contributed by atoms with Crippen molar-refractivity contribution in [2.45, 2.75) is 25.4 Å². The second kappa shape index (κ2) is 10.1. The molecule has 2 aromatic heterocycles. The highest BCUT2D eigenvalue weighted by atomic mass is 35.5. The van der Waals surface area contributed by atoms with E-state index in [4.69, 9.17) is 11.6 Å². The molecular weight excluding hydrogens is 476 g/mol. The van der Waals surface area contributed by atoms with Crippen molar-refractivity contribution in [3.05, 3.63) is 52.9 Å². The zero-order chi connectivity index (χ0) is 24.3. The molecule has 3 aromatic rings. The summed E-state index contributed by atoms with van der Waals surface area (Å²) in [5.41, 5.74) is 3.22. The van der Waals surface area contributed by atoms with Gasteiger partial charge in [-0.2, -0.15) is 10.4 Å². The fourth-order valence-electron chi connectivity index (χ4n) is 3.89. The van der Waals surface area contributed by atoms with Crippen molar-refractivity contribution in [2.24, 2.45) is 0 Å². The van der Waals surface area contributed by atoms with Gasteiger partial charge in [0.05, 0.1) is 40.6 Å². The molecule has 0 aliphatic carbocycles. The number of anilines is 1. The number of piperidine rings is 1. The fraction of sp³-hybridized carbons (Fsp3) is 0.364. The highest BCUT2D eigenvalue weighted by Crippen LogP contribution is 2.27. The topological polar surface area (TPSA) is 129 Å². The summed E-state index contributed by atoms with van der Waals surface area (Å²) < 4.78 is 26.6. The molecule has 0 saturated carbocycles. The van der Waals surface area contributed by atoms with E-state index >= 15 is 0 Å². The lowest BCUT2D eigenvalue weighted by atomic mass is 10.1. The van der Waals surface area contributed by atoms with Gasteiger partial charge in [-0.1, -0.05) is 17.7 Å². The third-order valence-corrected chi connectivity index (χ3v) is 7.27. The van der Waals surface area contributed by atoms with E-state index in [1.165, 1.54) is 16.8 Å². The van der Waals surface area contributed by atoms with Gasteiger partial charge in [-0.15, -0.1) is 0 Å². The van der Waals surface area contributed by atoms with E-state index in [0.717, 1.165) is 11.3 Å². The second-order valence-corrected chi connectivity index (χ2v) is 10.5. The van der Waals surface area contributed by atoms with Gasteiger partial charge < -0.3 is 10.6 Å². The van der Waals surface area contributed by atoms with Crippen molar-refractivity contribution >= 4 is 27.6 Å². The molecule has 0 atom stereocenters. The van der Waals surface area contributed by atoms with Crippen LogP contribution in [0.25, 0.3) is 16.9 Å². The minimum atomic E-state index is -3.19. The molecule has 1 saturated heterocycles. The lowest BCUT2D eigenvalue weighted by Crippen LogP contribution is -2.42. The predicted octanol–water partition coefficient (Wildman–Crippen LogP) is 2.41. The van der Waals surface area contributed by atoms with E-state index < -0.39 is 10.0 Å². The molecule has 1 aliphatic rings. The van der Waals surface area contributed by atoms with Crippen LogP contribution in [0.5, 0.6) is 0 Å². The third-order valence-electron chi connectivity index (χ3n) is 5.66. The number of rotatable bonds is 7. The monoisotopic (exact) mass is 500 g/mol. The zero-order valence-corrected chi connectivity index (χ0v) is 20.4. The van der Waals surface area contributed by atoms with Crippen LogP contribution in [0.4, 0.5) is 5.95 Å². The van der Waals surface area contributed by atoms with Crippen LogP contribution in [0.2, 0.25) is 5.02 Å². The molecule has 0 amide bonds. The smallest absolute Gasteiger partial charge is 0.223 e. The first-order valence-corrected chi connectivity index (χ1v) is 13.0. The molecule has 0 spiro atoms. The first kappa shape index (κ1) is 24.1. The minimum Gasteiger partial charge on any atom is -0.351 e. The molecular formula is C22H25ClN8O2S. The first-order valence-electron chi connectivity index (χ1n) is 10.8. The summed E-state index contributed by atoms with van der Waals surface area (Å²) in [4.78, 5) is 8.85. The number of aromatic nitrogens is 4. The molecule has 0 bridgehead atoms. The molecule has 4 rings (SSSR count). The van der Waals surface area contributed by atoms with Crippen molar-refractivity contribution < 1.29 is 8.42 Å². The van der Waals surface area contributed by atoms with Gasteiger partial charge in [-0.25, -0.2) is 27.4 Å². The van der Waals surface area contributed by atoms with E-state index in [-0.39, 0.29) is 6.04 Å². The molecule has 178 valence electrons. The molecule has 1 aliphatic heterocycles. The Morgan fingerprint density at radius 3 is 2.68 bits per heavy atom. The van der Waals surface area contributed by atoms with Crippen molar-refractivity contribution in [3.8, 4) is 23.0 Å². The van der Waals surface area contributed by atoms with Gasteiger partial charge in [0.25, 0.3) is 0 Å². The minimum absolute atomic E-state index is 0.0384. The maximum absolute atomic E-state index is 11.7. The lowest BCUT2D eigenvalue weighted by molar-refractivity contribution is 0.331. The van der Waals surface area contributed by atoms with Crippen LogP contribution in [0, 0.1) is 11.3 Å². The average molecular weight is 501 g/mol. The maximum Gasteiger partial charge on any atom is 0.223 e. The summed E-state index contributed by atoms with van der Waals surface area (Å²) in [7, 11) is -1.31. The summed E-state index contributed by atoms with van der Waals surface area (Å²) in [6.45, 7) is 1.60. The normalized spacial score (nSPS) is 15.2. The van der Waals surface area contributed by atoms with Crippen molar-refractivity contribution in [1.82, 2.24) is 29.4 Å². The number of nitrogens with zero attached hydrogens (tertiary/aromatic N) is 6. The number of nitrogens with one attached hydrogen (secondary N) is 2. The lowest BCUT2D eigenvalue weighted by Gasteiger charge is -2.30. The van der Waals surface area contributed by atoms with Crippen LogP contribution < -0.4 is 10.6 Å². The SMILES string of the molecule is CNCc1ccc(-n2cc(-c3nc(NC4CCN(S(C)(=O)=O)CC4)ncc3C#N)cn2)c(Cl)c1. The molecule has 3 heterocycles. The highest BCUT2D eigenvalue weighted by molar-refractivity contribution is 7.88. The molecule has 2 N–H and O–H groups in total. The van der Waals surface area contributed by atoms with Crippen LogP contribution in [-0.2, 0) is 16.6 Å². The Morgan fingerprint density at radius 1 is 1.26 bits per heavy atom.